The lowest BCUT2D eigenvalue weighted by Crippen LogP contribution is -2.37. The number of rotatable bonds is 11. The molecule has 0 aromatic carbocycles. The van der Waals surface area contributed by atoms with Gasteiger partial charge < -0.3 is 10.2 Å². The number of carboxylic acid groups (broad SMARTS) is 2. The fourth-order valence-corrected chi connectivity index (χ4v) is 4.36. The molecule has 0 fully saturated rings. The van der Waals surface area contributed by atoms with Crippen LogP contribution in [0.15, 0.2) is 0 Å². The van der Waals surface area contributed by atoms with Gasteiger partial charge in [0, 0.05) is 0 Å². The molecule has 0 aliphatic heterocycles. The summed E-state index contributed by atoms with van der Waals surface area (Å²) in [6.45, 7) is 16.3. The second-order valence-electron chi connectivity index (χ2n) is 9.38. The highest BCUT2D eigenvalue weighted by Crippen LogP contribution is 2.44. The lowest BCUT2D eigenvalue weighted by Gasteiger charge is -2.39. The van der Waals surface area contributed by atoms with Gasteiger partial charge in [-0.15, -0.1) is 0 Å². The Balaban J connectivity index is 5.19. The van der Waals surface area contributed by atoms with Crippen molar-refractivity contribution < 1.29 is 19.8 Å². The Kier molecular flexibility index (Phi) is 8.47. The lowest BCUT2D eigenvalue weighted by atomic mass is 9.65. The van der Waals surface area contributed by atoms with Gasteiger partial charge in [-0.05, 0) is 48.3 Å². The van der Waals surface area contributed by atoms with Crippen molar-refractivity contribution in [2.24, 2.45) is 34.5 Å². The van der Waals surface area contributed by atoms with Crippen molar-refractivity contribution in [1.82, 2.24) is 0 Å². The Morgan fingerprint density at radius 3 is 1.71 bits per heavy atom. The largest absolute Gasteiger partial charge is 0.481 e. The number of hydrogen-bond acceptors (Lipinski definition) is 2. The summed E-state index contributed by atoms with van der Waals surface area (Å²) >= 11 is 0. The zero-order valence-electron chi connectivity index (χ0n) is 16.8. The monoisotopic (exact) mass is 342 g/mol. The topological polar surface area (TPSA) is 74.6 Å². The van der Waals surface area contributed by atoms with Crippen molar-refractivity contribution >= 4 is 11.9 Å². The summed E-state index contributed by atoms with van der Waals surface area (Å²) in [5, 5.41) is 19.1. The second-order valence-corrected chi connectivity index (χ2v) is 9.38. The number of hydrogen-bond donors (Lipinski definition) is 2. The second kappa shape index (κ2) is 8.87. The van der Waals surface area contributed by atoms with Gasteiger partial charge in [0.1, 0.15) is 0 Å². The normalized spacial score (nSPS) is 16.7. The van der Waals surface area contributed by atoms with E-state index in [1.165, 1.54) is 0 Å². The van der Waals surface area contributed by atoms with Gasteiger partial charge in [0.25, 0.3) is 0 Å². The number of carboxylic acids is 2. The van der Waals surface area contributed by atoms with Crippen LogP contribution in [0, 0.1) is 34.5 Å². The fraction of sp³-hybridized carbons (Fsp3) is 0.900. The van der Waals surface area contributed by atoms with E-state index in [0.29, 0.717) is 18.8 Å². The first-order valence-corrected chi connectivity index (χ1v) is 9.19. The molecule has 0 spiro atoms. The van der Waals surface area contributed by atoms with Gasteiger partial charge in [-0.3, -0.25) is 9.59 Å². The minimum Gasteiger partial charge on any atom is -0.481 e. The van der Waals surface area contributed by atoms with Crippen molar-refractivity contribution in [2.75, 3.05) is 0 Å². The van der Waals surface area contributed by atoms with Gasteiger partial charge in [0.15, 0.2) is 0 Å². The first-order chi connectivity index (χ1) is 10.7. The smallest absolute Gasteiger partial charge is 0.307 e. The first kappa shape index (κ1) is 22.9. The third-order valence-corrected chi connectivity index (χ3v) is 5.25. The van der Waals surface area contributed by atoms with Crippen molar-refractivity contribution in [2.45, 2.75) is 81.1 Å². The molecule has 0 aliphatic rings. The summed E-state index contributed by atoms with van der Waals surface area (Å²) < 4.78 is 0. The van der Waals surface area contributed by atoms with E-state index in [-0.39, 0.29) is 22.7 Å². The Hall–Kier alpha value is -1.06. The molecule has 24 heavy (non-hydrogen) atoms. The van der Waals surface area contributed by atoms with E-state index in [1.807, 2.05) is 27.7 Å². The molecule has 4 heteroatoms. The summed E-state index contributed by atoms with van der Waals surface area (Å²) in [4.78, 5) is 23.3. The highest BCUT2D eigenvalue weighted by atomic mass is 16.4. The van der Waals surface area contributed by atoms with Crippen LogP contribution in [0.5, 0.6) is 0 Å². The van der Waals surface area contributed by atoms with Crippen LogP contribution in [0.1, 0.15) is 81.1 Å². The molecule has 0 aromatic heterocycles. The molecular formula is C20H38O4. The van der Waals surface area contributed by atoms with Gasteiger partial charge in [-0.25, -0.2) is 0 Å². The molecule has 4 nitrogen and oxygen atoms in total. The van der Waals surface area contributed by atoms with Crippen molar-refractivity contribution in [1.29, 1.82) is 0 Å². The van der Waals surface area contributed by atoms with Gasteiger partial charge in [0.2, 0.25) is 0 Å². The molecule has 142 valence electrons. The minimum absolute atomic E-state index is 0.0326. The Bertz CT molecular complexity index is 423. The zero-order valence-corrected chi connectivity index (χ0v) is 16.8. The highest BCUT2D eigenvalue weighted by Gasteiger charge is 2.40. The molecule has 0 heterocycles. The van der Waals surface area contributed by atoms with Gasteiger partial charge >= 0.3 is 11.9 Å². The molecule has 0 aliphatic carbocycles. The van der Waals surface area contributed by atoms with Crippen LogP contribution in [0.25, 0.3) is 0 Å². The van der Waals surface area contributed by atoms with Gasteiger partial charge in [0.05, 0.1) is 11.8 Å². The van der Waals surface area contributed by atoms with E-state index in [2.05, 4.69) is 27.7 Å². The summed E-state index contributed by atoms with van der Waals surface area (Å²) in [5.41, 5.74) is -0.489. The predicted molar refractivity (Wildman–Crippen MR) is 98.0 cm³/mol. The quantitative estimate of drug-likeness (QED) is 0.533. The average molecular weight is 343 g/mol. The molecule has 3 unspecified atom stereocenters. The van der Waals surface area contributed by atoms with Gasteiger partial charge in [-0.1, -0.05) is 55.4 Å². The van der Waals surface area contributed by atoms with Crippen molar-refractivity contribution in [3.8, 4) is 0 Å². The number of carbonyl (C=O) groups is 2. The molecular weight excluding hydrogens is 304 g/mol. The molecule has 0 saturated carbocycles. The van der Waals surface area contributed by atoms with Gasteiger partial charge in [-0.2, -0.15) is 0 Å². The van der Waals surface area contributed by atoms with Crippen molar-refractivity contribution in [3.05, 3.63) is 0 Å². The third-order valence-electron chi connectivity index (χ3n) is 5.25. The summed E-state index contributed by atoms with van der Waals surface area (Å²) in [5.74, 6) is -1.81. The summed E-state index contributed by atoms with van der Waals surface area (Å²) in [7, 11) is 0. The maximum absolute atomic E-state index is 11.9. The van der Waals surface area contributed by atoms with Crippen LogP contribution in [-0.2, 0) is 9.59 Å². The molecule has 0 bridgehead atoms. The predicted octanol–water partition coefficient (Wildman–Crippen LogP) is 5.31. The highest BCUT2D eigenvalue weighted by molar-refractivity contribution is 5.71. The maximum atomic E-state index is 11.9. The van der Waals surface area contributed by atoms with E-state index >= 15 is 0 Å². The summed E-state index contributed by atoms with van der Waals surface area (Å²) in [6, 6.07) is 0. The van der Waals surface area contributed by atoms with Crippen LogP contribution >= 0.6 is 0 Å². The van der Waals surface area contributed by atoms with Crippen LogP contribution in [0.2, 0.25) is 0 Å². The first-order valence-electron chi connectivity index (χ1n) is 9.19. The standard InChI is InChI=1S/C20H38O4/c1-9-15(17(21)22)14(4)11-19(5,6)12-16(18(23)24)20(7,8)10-13(2)3/h13-16H,9-12H2,1-8H3,(H,21,22)(H,23,24). The molecule has 0 aromatic rings. The van der Waals surface area contributed by atoms with E-state index in [4.69, 9.17) is 0 Å². The molecule has 0 amide bonds. The van der Waals surface area contributed by atoms with Crippen LogP contribution in [-0.4, -0.2) is 22.2 Å². The van der Waals surface area contributed by atoms with E-state index in [1.54, 1.807) is 0 Å². The fourth-order valence-electron chi connectivity index (χ4n) is 4.36. The molecule has 2 N–H and O–H groups in total. The zero-order chi connectivity index (χ0) is 19.3. The molecule has 0 saturated heterocycles. The Labute approximate surface area is 148 Å². The van der Waals surface area contributed by atoms with E-state index in [9.17, 15) is 19.8 Å². The lowest BCUT2D eigenvalue weighted by molar-refractivity contribution is -0.149. The Morgan fingerprint density at radius 2 is 1.38 bits per heavy atom. The Morgan fingerprint density at radius 1 is 0.875 bits per heavy atom. The van der Waals surface area contributed by atoms with Crippen molar-refractivity contribution in [3.63, 3.8) is 0 Å². The third kappa shape index (κ3) is 7.23. The van der Waals surface area contributed by atoms with E-state index in [0.717, 1.165) is 12.8 Å². The van der Waals surface area contributed by atoms with Crippen LogP contribution in [0.3, 0.4) is 0 Å². The summed E-state index contributed by atoms with van der Waals surface area (Å²) in [6.07, 6.45) is 2.76. The molecule has 3 atom stereocenters. The average Bonchev–Trinajstić information content (AvgIpc) is 2.33. The number of aliphatic carboxylic acids is 2. The minimum atomic E-state index is -0.754. The molecule has 0 radical (unpaired) electrons. The van der Waals surface area contributed by atoms with Crippen LogP contribution in [0.4, 0.5) is 0 Å². The van der Waals surface area contributed by atoms with E-state index < -0.39 is 17.9 Å². The molecule has 0 rings (SSSR count). The maximum Gasteiger partial charge on any atom is 0.307 e. The SMILES string of the molecule is CCC(C(=O)O)C(C)CC(C)(C)CC(C(=O)O)C(C)(C)CC(C)C. The van der Waals surface area contributed by atoms with Crippen LogP contribution < -0.4 is 0 Å².